The number of nitrogen functional groups attached to an aromatic ring is 1. The second-order valence-corrected chi connectivity index (χ2v) is 5.34. The number of hydrogen-bond acceptors (Lipinski definition) is 2. The van der Waals surface area contributed by atoms with Gasteiger partial charge in [-0.2, -0.15) is 0 Å². The van der Waals surface area contributed by atoms with Gasteiger partial charge in [0.05, 0.1) is 0 Å². The number of benzene rings is 2. The molecule has 3 N–H and O–H groups in total. The Bertz CT molecular complexity index is 664. The first-order valence-corrected chi connectivity index (χ1v) is 6.53. The number of para-hydroxylation sites is 1. The summed E-state index contributed by atoms with van der Waals surface area (Å²) in [5.41, 5.74) is 8.81. The number of aryl methyl sites for hydroxylation is 2. The van der Waals surface area contributed by atoms with E-state index in [0.29, 0.717) is 11.3 Å². The van der Waals surface area contributed by atoms with E-state index in [4.69, 9.17) is 5.73 Å². The van der Waals surface area contributed by atoms with E-state index in [1.165, 1.54) is 0 Å². The van der Waals surface area contributed by atoms with Crippen molar-refractivity contribution in [3.63, 3.8) is 0 Å². The number of rotatable bonds is 3. The summed E-state index contributed by atoms with van der Waals surface area (Å²) >= 11 is 0. The van der Waals surface area contributed by atoms with Gasteiger partial charge in [0.2, 0.25) is 0 Å². The van der Waals surface area contributed by atoms with Crippen LogP contribution >= 0.6 is 0 Å². The molecule has 0 saturated carbocycles. The largest absolute Gasteiger partial charge is 0.480 e. The van der Waals surface area contributed by atoms with E-state index in [1.807, 2.05) is 44.2 Å². The van der Waals surface area contributed by atoms with Crippen molar-refractivity contribution in [2.75, 3.05) is 5.73 Å². The third-order valence-corrected chi connectivity index (χ3v) is 3.85. The van der Waals surface area contributed by atoms with E-state index in [9.17, 15) is 9.90 Å². The van der Waals surface area contributed by atoms with Crippen LogP contribution in [0, 0.1) is 13.8 Å². The number of nitrogens with two attached hydrogens (primary N) is 1. The van der Waals surface area contributed by atoms with Crippen molar-refractivity contribution >= 4 is 11.7 Å². The molecule has 0 aliphatic heterocycles. The summed E-state index contributed by atoms with van der Waals surface area (Å²) in [7, 11) is 0. The van der Waals surface area contributed by atoms with Crippen LogP contribution in [0.1, 0.15) is 29.2 Å². The Labute approximate surface area is 119 Å². The second-order valence-electron chi connectivity index (χ2n) is 5.34. The number of carbonyl (C=O) groups is 1. The van der Waals surface area contributed by atoms with E-state index >= 15 is 0 Å². The molecular weight excluding hydrogens is 250 g/mol. The average Bonchev–Trinajstić information content (AvgIpc) is 2.38. The molecule has 3 nitrogen and oxygen atoms in total. The topological polar surface area (TPSA) is 63.3 Å². The Morgan fingerprint density at radius 1 is 1.10 bits per heavy atom. The number of anilines is 1. The Hall–Kier alpha value is -2.29. The van der Waals surface area contributed by atoms with Crippen molar-refractivity contribution in [1.29, 1.82) is 0 Å². The predicted octanol–water partition coefficient (Wildman–Crippen LogP) is 3.28. The van der Waals surface area contributed by atoms with Crippen molar-refractivity contribution < 1.29 is 9.90 Å². The molecule has 0 saturated heterocycles. The molecule has 0 bridgehead atoms. The second kappa shape index (κ2) is 5.00. The molecule has 0 heterocycles. The minimum Gasteiger partial charge on any atom is -0.480 e. The van der Waals surface area contributed by atoms with Gasteiger partial charge >= 0.3 is 5.97 Å². The molecule has 20 heavy (non-hydrogen) atoms. The number of hydrogen-bond donors (Lipinski definition) is 2. The molecule has 1 atom stereocenters. The number of aliphatic carboxylic acids is 1. The van der Waals surface area contributed by atoms with Crippen molar-refractivity contribution in [1.82, 2.24) is 0 Å². The van der Waals surface area contributed by atoms with Gasteiger partial charge in [0.1, 0.15) is 5.41 Å². The Kier molecular flexibility index (Phi) is 3.53. The third-order valence-electron chi connectivity index (χ3n) is 3.85. The predicted molar refractivity (Wildman–Crippen MR) is 80.9 cm³/mol. The van der Waals surface area contributed by atoms with Crippen molar-refractivity contribution in [2.24, 2.45) is 0 Å². The molecule has 2 aromatic rings. The monoisotopic (exact) mass is 269 g/mol. The van der Waals surface area contributed by atoms with Crippen LogP contribution in [0.3, 0.4) is 0 Å². The number of carboxylic acid groups (broad SMARTS) is 1. The van der Waals surface area contributed by atoms with E-state index in [1.54, 1.807) is 19.1 Å². The fraction of sp³-hybridized carbons (Fsp3) is 0.235. The highest BCUT2D eigenvalue weighted by molar-refractivity contribution is 5.88. The third kappa shape index (κ3) is 2.16. The van der Waals surface area contributed by atoms with Gasteiger partial charge in [-0.15, -0.1) is 0 Å². The molecule has 104 valence electrons. The molecule has 0 radical (unpaired) electrons. The molecule has 3 heteroatoms. The maximum absolute atomic E-state index is 12.0. The summed E-state index contributed by atoms with van der Waals surface area (Å²) in [6.07, 6.45) is 0. The zero-order valence-electron chi connectivity index (χ0n) is 12.0. The smallest absolute Gasteiger partial charge is 0.318 e. The minimum atomic E-state index is -1.15. The highest BCUT2D eigenvalue weighted by atomic mass is 16.4. The van der Waals surface area contributed by atoms with Crippen LogP contribution in [0.2, 0.25) is 0 Å². The average molecular weight is 269 g/mol. The van der Waals surface area contributed by atoms with Crippen LogP contribution in [0.5, 0.6) is 0 Å². The summed E-state index contributed by atoms with van der Waals surface area (Å²) in [6.45, 7) is 5.63. The summed E-state index contributed by atoms with van der Waals surface area (Å²) in [5, 5.41) is 9.80. The normalized spacial score (nSPS) is 13.8. The first-order valence-electron chi connectivity index (χ1n) is 6.53. The molecule has 0 spiro atoms. The molecule has 0 amide bonds. The standard InChI is InChI=1S/C17H19NO2/c1-11-8-9-13(12(2)10-11)17(3,16(19)20)14-6-4-5-7-15(14)18/h4-10H,18H2,1-3H3,(H,19,20). The van der Waals surface area contributed by atoms with Crippen LogP contribution in [-0.2, 0) is 10.2 Å². The lowest BCUT2D eigenvalue weighted by Gasteiger charge is -2.29. The maximum atomic E-state index is 12.0. The van der Waals surface area contributed by atoms with Crippen molar-refractivity contribution in [3.05, 3.63) is 64.7 Å². The molecule has 0 aromatic heterocycles. The SMILES string of the molecule is Cc1ccc(C(C)(C(=O)O)c2ccccc2N)c(C)c1. The van der Waals surface area contributed by atoms with E-state index in [-0.39, 0.29) is 0 Å². The van der Waals surface area contributed by atoms with Crippen molar-refractivity contribution in [2.45, 2.75) is 26.2 Å². The molecule has 0 aliphatic carbocycles. The van der Waals surface area contributed by atoms with E-state index in [0.717, 1.165) is 16.7 Å². The fourth-order valence-corrected chi connectivity index (χ4v) is 2.70. The maximum Gasteiger partial charge on any atom is 0.318 e. The molecule has 0 aliphatic rings. The van der Waals surface area contributed by atoms with Gasteiger partial charge in [0, 0.05) is 5.69 Å². The van der Waals surface area contributed by atoms with Crippen LogP contribution in [0.25, 0.3) is 0 Å². The van der Waals surface area contributed by atoms with Crippen molar-refractivity contribution in [3.8, 4) is 0 Å². The highest BCUT2D eigenvalue weighted by Gasteiger charge is 2.39. The summed E-state index contributed by atoms with van der Waals surface area (Å²) in [5.74, 6) is -0.901. The molecule has 0 fully saturated rings. The van der Waals surface area contributed by atoms with Crippen LogP contribution in [0.4, 0.5) is 5.69 Å². The first-order chi connectivity index (χ1) is 9.37. The molecule has 2 rings (SSSR count). The van der Waals surface area contributed by atoms with Gasteiger partial charge in [-0.05, 0) is 43.5 Å². The van der Waals surface area contributed by atoms with Crippen LogP contribution in [0.15, 0.2) is 42.5 Å². The van der Waals surface area contributed by atoms with Crippen LogP contribution < -0.4 is 5.73 Å². The van der Waals surface area contributed by atoms with Gasteiger partial charge < -0.3 is 10.8 Å². The Balaban J connectivity index is 2.73. The van der Waals surface area contributed by atoms with Gasteiger partial charge in [-0.1, -0.05) is 42.0 Å². The molecule has 1 unspecified atom stereocenters. The lowest BCUT2D eigenvalue weighted by atomic mass is 9.73. The summed E-state index contributed by atoms with van der Waals surface area (Å²) in [6, 6.07) is 13.0. The zero-order chi connectivity index (χ0) is 14.9. The van der Waals surface area contributed by atoms with E-state index < -0.39 is 11.4 Å². The summed E-state index contributed by atoms with van der Waals surface area (Å²) in [4.78, 5) is 12.0. The molecular formula is C17H19NO2. The summed E-state index contributed by atoms with van der Waals surface area (Å²) < 4.78 is 0. The highest BCUT2D eigenvalue weighted by Crippen LogP contribution is 2.37. The fourth-order valence-electron chi connectivity index (χ4n) is 2.70. The lowest BCUT2D eigenvalue weighted by molar-refractivity contribution is -0.141. The first kappa shape index (κ1) is 14.1. The number of carboxylic acids is 1. The quantitative estimate of drug-likeness (QED) is 0.840. The van der Waals surface area contributed by atoms with Crippen LogP contribution in [-0.4, -0.2) is 11.1 Å². The van der Waals surface area contributed by atoms with Gasteiger partial charge in [0.15, 0.2) is 0 Å². The Morgan fingerprint density at radius 2 is 1.75 bits per heavy atom. The van der Waals surface area contributed by atoms with Gasteiger partial charge in [-0.3, -0.25) is 4.79 Å². The Morgan fingerprint density at radius 3 is 2.30 bits per heavy atom. The minimum absolute atomic E-state index is 0.498. The van der Waals surface area contributed by atoms with E-state index in [2.05, 4.69) is 0 Å². The lowest BCUT2D eigenvalue weighted by Crippen LogP contribution is -2.35. The van der Waals surface area contributed by atoms with Gasteiger partial charge in [0.25, 0.3) is 0 Å². The molecule has 2 aromatic carbocycles. The zero-order valence-corrected chi connectivity index (χ0v) is 12.0. The van der Waals surface area contributed by atoms with Gasteiger partial charge in [-0.25, -0.2) is 0 Å².